The molecule has 0 fully saturated rings. The fourth-order valence-corrected chi connectivity index (χ4v) is 4.97. The Labute approximate surface area is 147 Å². The van der Waals surface area contributed by atoms with Crippen molar-refractivity contribution in [3.63, 3.8) is 0 Å². The second-order valence-corrected chi connectivity index (χ2v) is 7.87. The molecule has 2 rings (SSSR count). The van der Waals surface area contributed by atoms with Crippen molar-refractivity contribution in [2.45, 2.75) is 4.90 Å². The van der Waals surface area contributed by atoms with Crippen LogP contribution in [0.1, 0.15) is 0 Å². The van der Waals surface area contributed by atoms with Crippen molar-refractivity contribution >= 4 is 76.6 Å². The standard InChI is InChI=1S/C10H6Br2Cl2N4O2S/c11-4-1-5(12)9(6(15)2-4)21(19,20)18-8-3-7(13)16-10(14)17-8/h1-3H,15H2,(H,16,17,18). The van der Waals surface area contributed by atoms with Gasteiger partial charge in [0.05, 0.1) is 5.69 Å². The molecule has 1 aromatic heterocycles. The molecule has 0 aliphatic carbocycles. The highest BCUT2D eigenvalue weighted by Gasteiger charge is 2.22. The van der Waals surface area contributed by atoms with Crippen LogP contribution in [0.3, 0.4) is 0 Å². The van der Waals surface area contributed by atoms with Gasteiger partial charge in [0.25, 0.3) is 10.0 Å². The van der Waals surface area contributed by atoms with E-state index in [9.17, 15) is 8.42 Å². The predicted molar refractivity (Wildman–Crippen MR) is 89.1 cm³/mol. The van der Waals surface area contributed by atoms with Gasteiger partial charge in [0, 0.05) is 15.0 Å². The number of halogens is 4. The first-order valence-corrected chi connectivity index (χ1v) is 8.99. The van der Waals surface area contributed by atoms with Crippen molar-refractivity contribution in [2.24, 2.45) is 0 Å². The van der Waals surface area contributed by atoms with Gasteiger partial charge < -0.3 is 5.73 Å². The molecule has 21 heavy (non-hydrogen) atoms. The van der Waals surface area contributed by atoms with E-state index in [0.717, 1.165) is 0 Å². The number of nitrogen functional groups attached to an aromatic ring is 1. The summed E-state index contributed by atoms with van der Waals surface area (Å²) in [6.07, 6.45) is 0. The zero-order valence-corrected chi connectivity index (χ0v) is 15.4. The average molecular weight is 477 g/mol. The van der Waals surface area contributed by atoms with E-state index in [-0.39, 0.29) is 26.8 Å². The van der Waals surface area contributed by atoms with Gasteiger partial charge in [-0.05, 0) is 39.7 Å². The van der Waals surface area contributed by atoms with Crippen molar-refractivity contribution in [3.8, 4) is 0 Å². The Morgan fingerprint density at radius 2 is 1.81 bits per heavy atom. The molecule has 0 unspecified atom stereocenters. The smallest absolute Gasteiger partial charge is 0.266 e. The number of anilines is 2. The maximum atomic E-state index is 12.4. The summed E-state index contributed by atoms with van der Waals surface area (Å²) in [5, 5.41) is -0.168. The summed E-state index contributed by atoms with van der Waals surface area (Å²) in [5.41, 5.74) is 5.82. The molecule has 0 saturated carbocycles. The topological polar surface area (TPSA) is 98.0 Å². The second-order valence-electron chi connectivity index (χ2n) is 3.76. The number of benzene rings is 1. The van der Waals surface area contributed by atoms with Crippen molar-refractivity contribution in [3.05, 3.63) is 37.6 Å². The Kier molecular flexibility index (Phi) is 4.99. The average Bonchev–Trinajstić information content (AvgIpc) is 2.23. The number of hydrogen-bond acceptors (Lipinski definition) is 5. The molecule has 0 aliphatic heterocycles. The molecule has 0 saturated heterocycles. The van der Waals surface area contributed by atoms with Gasteiger partial charge in [-0.3, -0.25) is 4.72 Å². The Bertz CT molecular complexity index is 773. The summed E-state index contributed by atoms with van der Waals surface area (Å²) in [6.45, 7) is 0. The first-order valence-electron chi connectivity index (χ1n) is 5.16. The quantitative estimate of drug-likeness (QED) is 0.400. The lowest BCUT2D eigenvalue weighted by atomic mass is 10.3. The molecule has 0 aliphatic rings. The number of hydrogen-bond donors (Lipinski definition) is 2. The minimum Gasteiger partial charge on any atom is -0.398 e. The molecular weight excluding hydrogens is 471 g/mol. The van der Waals surface area contributed by atoms with Crippen LogP contribution in [0.2, 0.25) is 10.4 Å². The first-order chi connectivity index (χ1) is 9.69. The summed E-state index contributed by atoms with van der Waals surface area (Å²) in [5.74, 6) is -0.0609. The number of nitrogens with zero attached hydrogens (tertiary/aromatic N) is 2. The van der Waals surface area contributed by atoms with Crippen LogP contribution in [0.4, 0.5) is 11.5 Å². The Morgan fingerprint density at radius 3 is 2.38 bits per heavy atom. The summed E-state index contributed by atoms with van der Waals surface area (Å²) in [6, 6.07) is 4.26. The fraction of sp³-hybridized carbons (Fsp3) is 0. The molecule has 2 aromatic rings. The number of sulfonamides is 1. The summed E-state index contributed by atoms with van der Waals surface area (Å²) in [4.78, 5) is 7.25. The zero-order valence-electron chi connectivity index (χ0n) is 9.94. The Morgan fingerprint density at radius 1 is 1.14 bits per heavy atom. The van der Waals surface area contributed by atoms with E-state index in [1.54, 1.807) is 6.07 Å². The van der Waals surface area contributed by atoms with Gasteiger partial charge in [-0.1, -0.05) is 27.5 Å². The van der Waals surface area contributed by atoms with E-state index in [1.165, 1.54) is 12.1 Å². The molecule has 1 aromatic carbocycles. The lowest BCUT2D eigenvalue weighted by Crippen LogP contribution is -2.16. The monoisotopic (exact) mass is 474 g/mol. The molecule has 0 atom stereocenters. The third kappa shape index (κ3) is 3.98. The van der Waals surface area contributed by atoms with Crippen molar-refractivity contribution in [2.75, 3.05) is 10.5 Å². The highest BCUT2D eigenvalue weighted by molar-refractivity contribution is 9.11. The Balaban J connectivity index is 2.48. The van der Waals surface area contributed by atoms with Crippen LogP contribution < -0.4 is 10.5 Å². The highest BCUT2D eigenvalue weighted by atomic mass is 79.9. The first kappa shape index (κ1) is 16.8. The van der Waals surface area contributed by atoms with Gasteiger partial charge in [0.15, 0.2) is 0 Å². The highest BCUT2D eigenvalue weighted by Crippen LogP contribution is 2.32. The van der Waals surface area contributed by atoms with Crippen LogP contribution >= 0.6 is 55.1 Å². The minimum atomic E-state index is -3.98. The van der Waals surface area contributed by atoms with Crippen LogP contribution in [0.5, 0.6) is 0 Å². The molecule has 0 spiro atoms. The summed E-state index contributed by atoms with van der Waals surface area (Å²) < 4.78 is 28.0. The van der Waals surface area contributed by atoms with Crippen LogP contribution in [0.15, 0.2) is 32.0 Å². The van der Waals surface area contributed by atoms with Crippen LogP contribution in [-0.2, 0) is 10.0 Å². The largest absolute Gasteiger partial charge is 0.398 e. The zero-order chi connectivity index (χ0) is 15.8. The number of rotatable bonds is 3. The van der Waals surface area contributed by atoms with E-state index in [2.05, 4.69) is 46.5 Å². The number of nitrogens with two attached hydrogens (primary N) is 1. The maximum Gasteiger partial charge on any atom is 0.266 e. The normalized spacial score (nSPS) is 11.4. The molecule has 11 heteroatoms. The molecule has 0 radical (unpaired) electrons. The van der Waals surface area contributed by atoms with Crippen molar-refractivity contribution in [1.29, 1.82) is 0 Å². The van der Waals surface area contributed by atoms with Crippen molar-refractivity contribution in [1.82, 2.24) is 9.97 Å². The van der Waals surface area contributed by atoms with Crippen LogP contribution in [0.25, 0.3) is 0 Å². The molecule has 112 valence electrons. The molecule has 3 N–H and O–H groups in total. The van der Waals surface area contributed by atoms with Gasteiger partial charge in [-0.25, -0.2) is 13.4 Å². The van der Waals surface area contributed by atoms with Gasteiger partial charge in [-0.2, -0.15) is 4.98 Å². The second kappa shape index (κ2) is 6.25. The third-order valence-electron chi connectivity index (χ3n) is 2.21. The van der Waals surface area contributed by atoms with Gasteiger partial charge >= 0.3 is 0 Å². The molecule has 1 heterocycles. The van der Waals surface area contributed by atoms with E-state index >= 15 is 0 Å². The minimum absolute atomic E-state index is 0.00976. The van der Waals surface area contributed by atoms with Gasteiger partial charge in [-0.15, -0.1) is 0 Å². The van der Waals surface area contributed by atoms with E-state index in [0.29, 0.717) is 8.95 Å². The Hall–Kier alpha value is -0.610. The number of aromatic nitrogens is 2. The SMILES string of the molecule is Nc1cc(Br)cc(Br)c1S(=O)(=O)Nc1cc(Cl)nc(Cl)n1. The van der Waals surface area contributed by atoms with Crippen molar-refractivity contribution < 1.29 is 8.42 Å². The van der Waals surface area contributed by atoms with Crippen LogP contribution in [-0.4, -0.2) is 18.4 Å². The molecule has 0 amide bonds. The number of nitrogens with one attached hydrogen (secondary N) is 1. The molecule has 0 bridgehead atoms. The predicted octanol–water partition coefficient (Wildman–Crippen LogP) is 3.69. The third-order valence-corrected chi connectivity index (χ3v) is 5.39. The van der Waals surface area contributed by atoms with E-state index in [4.69, 9.17) is 28.9 Å². The molecule has 6 nitrogen and oxygen atoms in total. The molecular formula is C10H6Br2Cl2N4O2S. The lowest BCUT2D eigenvalue weighted by Gasteiger charge is -2.12. The van der Waals surface area contributed by atoms with Crippen LogP contribution in [0, 0.1) is 0 Å². The fourth-order valence-electron chi connectivity index (χ4n) is 1.49. The van der Waals surface area contributed by atoms with Gasteiger partial charge in [0.2, 0.25) is 5.28 Å². The summed E-state index contributed by atoms with van der Waals surface area (Å²) >= 11 is 17.7. The van der Waals surface area contributed by atoms with E-state index < -0.39 is 10.0 Å². The van der Waals surface area contributed by atoms with E-state index in [1.807, 2.05) is 0 Å². The van der Waals surface area contributed by atoms with Gasteiger partial charge in [0.1, 0.15) is 15.9 Å². The summed E-state index contributed by atoms with van der Waals surface area (Å²) in [7, 11) is -3.98. The lowest BCUT2D eigenvalue weighted by molar-refractivity contribution is 0.601. The maximum absolute atomic E-state index is 12.4.